The van der Waals surface area contributed by atoms with Crippen molar-refractivity contribution in [3.05, 3.63) is 46.3 Å². The summed E-state index contributed by atoms with van der Waals surface area (Å²) in [4.78, 5) is 48.3. The molecule has 1 aliphatic rings. The molecule has 1 atom stereocenters. The standard InChI is InChI=1S/C20H22N2O6/c1-12(17(23)22-20(26)21-14-8-3-2-4-9-14)27-18(24)15-11-13-7-5-6-10-16(13)28-19(15)25/h5-7,10-12,14H,2-4,8-9H2,1H3,(H2,21,22,23,26)/t12-/m0/s1. The Morgan fingerprint density at radius 2 is 1.86 bits per heavy atom. The van der Waals surface area contributed by atoms with Gasteiger partial charge in [0.2, 0.25) is 0 Å². The van der Waals surface area contributed by atoms with Crippen molar-refractivity contribution in [1.29, 1.82) is 0 Å². The van der Waals surface area contributed by atoms with Crippen LogP contribution in [0.1, 0.15) is 49.4 Å². The molecule has 0 unspecified atom stereocenters. The van der Waals surface area contributed by atoms with Crippen LogP contribution in [0, 0.1) is 0 Å². The smallest absolute Gasteiger partial charge is 0.351 e. The van der Waals surface area contributed by atoms with Gasteiger partial charge in [-0.1, -0.05) is 37.5 Å². The molecule has 0 spiro atoms. The van der Waals surface area contributed by atoms with E-state index in [-0.39, 0.29) is 11.6 Å². The number of amides is 3. The van der Waals surface area contributed by atoms with Gasteiger partial charge in [-0.05, 0) is 31.9 Å². The van der Waals surface area contributed by atoms with Gasteiger partial charge in [-0.15, -0.1) is 0 Å². The Balaban J connectivity index is 1.58. The number of urea groups is 1. The van der Waals surface area contributed by atoms with Gasteiger partial charge in [-0.3, -0.25) is 10.1 Å². The van der Waals surface area contributed by atoms with Crippen LogP contribution in [-0.2, 0) is 9.53 Å². The summed E-state index contributed by atoms with van der Waals surface area (Å²) < 4.78 is 10.1. The molecule has 0 bridgehead atoms. The molecule has 0 aliphatic heterocycles. The fourth-order valence-corrected chi connectivity index (χ4v) is 3.16. The van der Waals surface area contributed by atoms with Crippen molar-refractivity contribution in [3.8, 4) is 0 Å². The predicted octanol–water partition coefficient (Wildman–Crippen LogP) is 2.50. The summed E-state index contributed by atoms with van der Waals surface area (Å²) in [6.07, 6.45) is 3.74. The number of carbonyl (C=O) groups is 3. The average Bonchev–Trinajstić information content (AvgIpc) is 2.67. The van der Waals surface area contributed by atoms with Crippen LogP contribution in [0.3, 0.4) is 0 Å². The van der Waals surface area contributed by atoms with Crippen LogP contribution >= 0.6 is 0 Å². The zero-order valence-corrected chi connectivity index (χ0v) is 15.5. The first-order valence-corrected chi connectivity index (χ1v) is 9.29. The van der Waals surface area contributed by atoms with Gasteiger partial charge in [-0.2, -0.15) is 0 Å². The summed E-state index contributed by atoms with van der Waals surface area (Å²) in [6.45, 7) is 1.32. The summed E-state index contributed by atoms with van der Waals surface area (Å²) in [5.41, 5.74) is -0.828. The highest BCUT2D eigenvalue weighted by molar-refractivity contribution is 5.99. The van der Waals surface area contributed by atoms with E-state index in [1.54, 1.807) is 24.3 Å². The molecule has 1 fully saturated rings. The van der Waals surface area contributed by atoms with Gasteiger partial charge >= 0.3 is 17.6 Å². The number of para-hydroxylation sites is 1. The van der Waals surface area contributed by atoms with Gasteiger partial charge in [0.15, 0.2) is 6.10 Å². The van der Waals surface area contributed by atoms with Crippen LogP contribution in [0.25, 0.3) is 11.0 Å². The topological polar surface area (TPSA) is 115 Å². The Morgan fingerprint density at radius 3 is 2.61 bits per heavy atom. The molecule has 1 saturated carbocycles. The summed E-state index contributed by atoms with van der Waals surface area (Å²) in [5, 5.41) is 5.46. The van der Waals surface area contributed by atoms with Crippen LogP contribution in [0.15, 0.2) is 39.5 Å². The lowest BCUT2D eigenvalue weighted by Gasteiger charge is -2.23. The highest BCUT2D eigenvalue weighted by Crippen LogP contribution is 2.17. The van der Waals surface area contributed by atoms with E-state index < -0.39 is 29.6 Å². The van der Waals surface area contributed by atoms with E-state index in [1.807, 2.05) is 0 Å². The molecule has 3 rings (SSSR count). The number of hydrogen-bond acceptors (Lipinski definition) is 6. The number of ether oxygens (including phenoxy) is 1. The Hall–Kier alpha value is -3.16. The SMILES string of the molecule is C[C@H](OC(=O)c1cc2ccccc2oc1=O)C(=O)NC(=O)NC1CCCCC1. The molecule has 148 valence electrons. The number of carbonyl (C=O) groups excluding carboxylic acids is 3. The molecule has 28 heavy (non-hydrogen) atoms. The monoisotopic (exact) mass is 386 g/mol. The lowest BCUT2D eigenvalue weighted by molar-refractivity contribution is -0.127. The molecule has 8 heteroatoms. The molecular formula is C20H22N2O6. The van der Waals surface area contributed by atoms with Crippen LogP contribution in [0.5, 0.6) is 0 Å². The predicted molar refractivity (Wildman–Crippen MR) is 101 cm³/mol. The second-order valence-corrected chi connectivity index (χ2v) is 6.83. The normalized spacial score (nSPS) is 15.6. The first-order valence-electron chi connectivity index (χ1n) is 9.29. The maximum absolute atomic E-state index is 12.3. The second-order valence-electron chi connectivity index (χ2n) is 6.83. The summed E-state index contributed by atoms with van der Waals surface area (Å²) in [6, 6.07) is 7.50. The second kappa shape index (κ2) is 8.69. The van der Waals surface area contributed by atoms with Crippen molar-refractivity contribution >= 4 is 28.9 Å². The van der Waals surface area contributed by atoms with Crippen molar-refractivity contribution in [3.63, 3.8) is 0 Å². The van der Waals surface area contributed by atoms with Crippen LogP contribution in [0.4, 0.5) is 4.79 Å². The van der Waals surface area contributed by atoms with Crippen molar-refractivity contribution in [1.82, 2.24) is 10.6 Å². The molecule has 0 saturated heterocycles. The molecule has 3 amide bonds. The van der Waals surface area contributed by atoms with Gasteiger partial charge < -0.3 is 14.5 Å². The highest BCUT2D eigenvalue weighted by atomic mass is 16.5. The summed E-state index contributed by atoms with van der Waals surface area (Å²) >= 11 is 0. The van der Waals surface area contributed by atoms with E-state index in [0.29, 0.717) is 11.0 Å². The third kappa shape index (κ3) is 4.76. The minimum atomic E-state index is -1.25. The average molecular weight is 386 g/mol. The van der Waals surface area contributed by atoms with Gasteiger partial charge in [0, 0.05) is 11.4 Å². The Kier molecular flexibility index (Phi) is 6.08. The molecule has 1 aliphatic carbocycles. The lowest BCUT2D eigenvalue weighted by atomic mass is 9.96. The molecule has 2 N–H and O–H groups in total. The number of benzene rings is 1. The van der Waals surface area contributed by atoms with E-state index >= 15 is 0 Å². The number of hydrogen-bond donors (Lipinski definition) is 2. The maximum Gasteiger partial charge on any atom is 0.351 e. The third-order valence-electron chi connectivity index (χ3n) is 4.69. The largest absolute Gasteiger partial charge is 0.449 e. The van der Waals surface area contributed by atoms with E-state index in [0.717, 1.165) is 32.1 Å². The first kappa shape index (κ1) is 19.6. The zero-order valence-electron chi connectivity index (χ0n) is 15.5. The summed E-state index contributed by atoms with van der Waals surface area (Å²) in [7, 11) is 0. The lowest BCUT2D eigenvalue weighted by Crippen LogP contribution is -2.48. The number of rotatable bonds is 4. The maximum atomic E-state index is 12.3. The van der Waals surface area contributed by atoms with Gasteiger partial charge in [0.25, 0.3) is 5.91 Å². The molecular weight excluding hydrogens is 364 g/mol. The summed E-state index contributed by atoms with van der Waals surface area (Å²) in [5.74, 6) is -1.76. The minimum absolute atomic E-state index is 0.0432. The van der Waals surface area contributed by atoms with E-state index in [9.17, 15) is 19.2 Å². The van der Waals surface area contributed by atoms with Crippen LogP contribution in [-0.4, -0.2) is 30.1 Å². The molecule has 1 heterocycles. The molecule has 0 radical (unpaired) electrons. The Labute approximate surface area is 161 Å². The number of esters is 1. The van der Waals surface area contributed by atoms with Gasteiger partial charge in [0.1, 0.15) is 11.1 Å². The minimum Gasteiger partial charge on any atom is -0.449 e. The quantitative estimate of drug-likeness (QED) is 0.616. The molecule has 1 aromatic heterocycles. The Morgan fingerprint density at radius 1 is 1.14 bits per heavy atom. The van der Waals surface area contributed by atoms with Crippen molar-refractivity contribution in [2.75, 3.05) is 0 Å². The van der Waals surface area contributed by atoms with Crippen LogP contribution in [0.2, 0.25) is 0 Å². The van der Waals surface area contributed by atoms with E-state index in [2.05, 4.69) is 10.6 Å². The zero-order chi connectivity index (χ0) is 20.1. The fourth-order valence-electron chi connectivity index (χ4n) is 3.16. The van der Waals surface area contributed by atoms with Crippen molar-refractivity contribution < 1.29 is 23.5 Å². The highest BCUT2D eigenvalue weighted by Gasteiger charge is 2.24. The molecule has 2 aromatic rings. The van der Waals surface area contributed by atoms with Crippen LogP contribution < -0.4 is 16.3 Å². The number of nitrogens with one attached hydrogen (secondary N) is 2. The number of imide groups is 1. The van der Waals surface area contributed by atoms with Crippen molar-refractivity contribution in [2.45, 2.75) is 51.2 Å². The van der Waals surface area contributed by atoms with E-state index in [4.69, 9.17) is 9.15 Å². The molecule has 8 nitrogen and oxygen atoms in total. The third-order valence-corrected chi connectivity index (χ3v) is 4.69. The van der Waals surface area contributed by atoms with Crippen molar-refractivity contribution in [2.24, 2.45) is 0 Å². The fraction of sp³-hybridized carbons (Fsp3) is 0.400. The van der Waals surface area contributed by atoms with Gasteiger partial charge in [0.05, 0.1) is 0 Å². The Bertz CT molecular complexity index is 945. The molecule has 1 aromatic carbocycles. The first-order chi connectivity index (χ1) is 13.4. The van der Waals surface area contributed by atoms with Gasteiger partial charge in [-0.25, -0.2) is 14.4 Å². The van der Waals surface area contributed by atoms with E-state index in [1.165, 1.54) is 13.0 Å². The number of fused-ring (bicyclic) bond motifs is 1.